The topological polar surface area (TPSA) is 128 Å². The number of anilines is 1. The van der Waals surface area contributed by atoms with E-state index in [9.17, 15) is 14.9 Å². The highest BCUT2D eigenvalue weighted by Gasteiger charge is 2.26. The van der Waals surface area contributed by atoms with Crippen molar-refractivity contribution < 1.29 is 18.7 Å². The fraction of sp³-hybridized carbons (Fsp3) is 0.0952. The lowest BCUT2D eigenvalue weighted by atomic mass is 10.1. The summed E-state index contributed by atoms with van der Waals surface area (Å²) in [5.41, 5.74) is 0.874. The highest BCUT2D eigenvalue weighted by Crippen LogP contribution is 2.26. The molecule has 0 aliphatic carbocycles. The molecule has 11 heteroatoms. The fourth-order valence-corrected chi connectivity index (χ4v) is 3.23. The van der Waals surface area contributed by atoms with E-state index >= 15 is 0 Å². The van der Waals surface area contributed by atoms with Crippen LogP contribution in [0.25, 0.3) is 11.6 Å². The molecule has 10 nitrogen and oxygen atoms in total. The number of hydrogen-bond donors (Lipinski definition) is 1. The molecule has 0 saturated carbocycles. The third-order valence-corrected chi connectivity index (χ3v) is 4.69. The van der Waals surface area contributed by atoms with E-state index < -0.39 is 18.5 Å². The van der Waals surface area contributed by atoms with Crippen molar-refractivity contribution in [1.29, 1.82) is 5.26 Å². The van der Waals surface area contributed by atoms with Crippen molar-refractivity contribution in [3.63, 3.8) is 0 Å². The zero-order chi connectivity index (χ0) is 22.7. The standard InChI is InChI=1S/C21H15ClN6O4/c1-13-19(15(9-23)20(32-13)27-6-2-3-7-27)21(30)31-10-18(29)26-16-8-14(22)4-5-17(16)28-12-24-11-25-28/h2-8,11-12H,10H2,1H3,(H,26,29). The highest BCUT2D eigenvalue weighted by molar-refractivity contribution is 6.31. The first-order chi connectivity index (χ1) is 15.5. The van der Waals surface area contributed by atoms with Gasteiger partial charge < -0.3 is 14.5 Å². The Morgan fingerprint density at radius 1 is 1.31 bits per heavy atom. The maximum Gasteiger partial charge on any atom is 0.343 e. The maximum atomic E-state index is 12.6. The molecule has 1 aromatic carbocycles. The number of halogens is 1. The molecule has 0 unspecified atom stereocenters. The van der Waals surface area contributed by atoms with Crippen LogP contribution in [0.3, 0.4) is 0 Å². The number of nitriles is 1. The summed E-state index contributed by atoms with van der Waals surface area (Å²) in [6.45, 7) is 0.956. The van der Waals surface area contributed by atoms with Crippen molar-refractivity contribution in [3.8, 4) is 17.6 Å². The molecule has 0 bridgehead atoms. The molecular formula is C21H15ClN6O4. The molecule has 0 aliphatic rings. The van der Waals surface area contributed by atoms with Crippen molar-refractivity contribution in [3.05, 3.63) is 77.3 Å². The summed E-state index contributed by atoms with van der Waals surface area (Å²) in [7, 11) is 0. The number of rotatable bonds is 6. The van der Waals surface area contributed by atoms with E-state index in [0.717, 1.165) is 0 Å². The number of hydrogen-bond acceptors (Lipinski definition) is 7. The lowest BCUT2D eigenvalue weighted by molar-refractivity contribution is -0.119. The van der Waals surface area contributed by atoms with Gasteiger partial charge in [-0.1, -0.05) is 11.6 Å². The number of nitrogens with one attached hydrogen (secondary N) is 1. The Kier molecular flexibility index (Phi) is 5.74. The lowest BCUT2D eigenvalue weighted by Crippen LogP contribution is -2.22. The van der Waals surface area contributed by atoms with Crippen LogP contribution in [0.4, 0.5) is 5.69 Å². The van der Waals surface area contributed by atoms with Gasteiger partial charge in [-0.15, -0.1) is 0 Å². The number of carbonyl (C=O) groups is 2. The molecule has 4 rings (SSSR count). The molecule has 0 atom stereocenters. The number of esters is 1. The molecule has 32 heavy (non-hydrogen) atoms. The van der Waals surface area contributed by atoms with Crippen molar-refractivity contribution in [2.75, 3.05) is 11.9 Å². The Hall–Kier alpha value is -4.36. The molecule has 0 aliphatic heterocycles. The lowest BCUT2D eigenvalue weighted by Gasteiger charge is -2.11. The minimum atomic E-state index is -0.848. The van der Waals surface area contributed by atoms with Crippen LogP contribution in [0.2, 0.25) is 5.02 Å². The van der Waals surface area contributed by atoms with Gasteiger partial charge in [0.25, 0.3) is 5.91 Å². The summed E-state index contributed by atoms with van der Waals surface area (Å²) in [6, 6.07) is 10.3. The molecule has 0 saturated heterocycles. The summed E-state index contributed by atoms with van der Waals surface area (Å²) >= 11 is 6.04. The van der Waals surface area contributed by atoms with E-state index in [4.69, 9.17) is 20.8 Å². The number of aromatic nitrogens is 4. The van der Waals surface area contributed by atoms with Crippen molar-refractivity contribution in [2.45, 2.75) is 6.92 Å². The third kappa shape index (κ3) is 4.10. The average Bonchev–Trinajstić information content (AvgIpc) is 3.53. The summed E-state index contributed by atoms with van der Waals surface area (Å²) in [5.74, 6) is -1.05. The van der Waals surface area contributed by atoms with E-state index in [1.807, 2.05) is 6.07 Å². The van der Waals surface area contributed by atoms with Crippen LogP contribution in [0.15, 0.2) is 59.8 Å². The van der Waals surface area contributed by atoms with Gasteiger partial charge >= 0.3 is 5.97 Å². The zero-order valence-electron chi connectivity index (χ0n) is 16.7. The van der Waals surface area contributed by atoms with Crippen molar-refractivity contribution in [2.24, 2.45) is 0 Å². The van der Waals surface area contributed by atoms with Gasteiger partial charge in [-0.3, -0.25) is 9.36 Å². The molecular weight excluding hydrogens is 436 g/mol. The number of ether oxygens (including phenoxy) is 1. The quantitative estimate of drug-likeness (QED) is 0.446. The number of furan rings is 1. The predicted molar refractivity (Wildman–Crippen MR) is 113 cm³/mol. The van der Waals surface area contributed by atoms with Crippen molar-refractivity contribution >= 4 is 29.2 Å². The van der Waals surface area contributed by atoms with Crippen LogP contribution in [0, 0.1) is 18.3 Å². The van der Waals surface area contributed by atoms with E-state index in [1.165, 1.54) is 23.4 Å². The molecule has 3 aromatic heterocycles. The molecule has 0 fully saturated rings. The molecule has 0 radical (unpaired) electrons. The Morgan fingerprint density at radius 3 is 2.78 bits per heavy atom. The normalized spacial score (nSPS) is 10.5. The van der Waals surface area contributed by atoms with Crippen LogP contribution in [-0.4, -0.2) is 37.8 Å². The second-order valence-electron chi connectivity index (χ2n) is 6.54. The second-order valence-corrected chi connectivity index (χ2v) is 6.98. The monoisotopic (exact) mass is 450 g/mol. The third-order valence-electron chi connectivity index (χ3n) is 4.45. The smallest absolute Gasteiger partial charge is 0.343 e. The highest BCUT2D eigenvalue weighted by atomic mass is 35.5. The van der Waals surface area contributed by atoms with Crippen LogP contribution >= 0.6 is 11.6 Å². The average molecular weight is 451 g/mol. The molecule has 1 amide bonds. The number of aryl methyl sites for hydroxylation is 1. The van der Waals surface area contributed by atoms with Gasteiger partial charge in [0.1, 0.15) is 35.6 Å². The minimum Gasteiger partial charge on any atom is -0.452 e. The molecule has 0 spiro atoms. The summed E-state index contributed by atoms with van der Waals surface area (Å²) in [4.78, 5) is 28.9. The van der Waals surface area contributed by atoms with Gasteiger partial charge in [-0.05, 0) is 37.3 Å². The summed E-state index contributed by atoms with van der Waals surface area (Å²) < 4.78 is 13.7. The van der Waals surface area contributed by atoms with Crippen LogP contribution in [-0.2, 0) is 9.53 Å². The number of nitrogens with zero attached hydrogens (tertiary/aromatic N) is 5. The number of benzene rings is 1. The first-order valence-electron chi connectivity index (χ1n) is 9.26. The van der Waals surface area contributed by atoms with Gasteiger partial charge in [-0.25, -0.2) is 14.5 Å². The molecule has 1 N–H and O–H groups in total. The Labute approximate surface area is 186 Å². The van der Waals surface area contributed by atoms with Crippen LogP contribution in [0.5, 0.6) is 0 Å². The van der Waals surface area contributed by atoms with Gasteiger partial charge in [-0.2, -0.15) is 10.4 Å². The zero-order valence-corrected chi connectivity index (χ0v) is 17.4. The van der Waals surface area contributed by atoms with Crippen molar-refractivity contribution in [1.82, 2.24) is 19.3 Å². The second kappa shape index (κ2) is 8.79. The Balaban J connectivity index is 1.49. The van der Waals surface area contributed by atoms with Crippen LogP contribution in [0.1, 0.15) is 21.7 Å². The SMILES string of the molecule is Cc1oc(-n2cccc2)c(C#N)c1C(=O)OCC(=O)Nc1cc(Cl)ccc1-n1cncn1. The number of carbonyl (C=O) groups excluding carboxylic acids is 2. The van der Waals surface area contributed by atoms with Gasteiger partial charge in [0.15, 0.2) is 6.61 Å². The predicted octanol–water partition coefficient (Wildman–Crippen LogP) is 3.28. The van der Waals surface area contributed by atoms with E-state index in [0.29, 0.717) is 16.4 Å². The molecule has 4 aromatic rings. The summed E-state index contributed by atoms with van der Waals surface area (Å²) in [6.07, 6.45) is 6.18. The van der Waals surface area contributed by atoms with Crippen LogP contribution < -0.4 is 5.32 Å². The van der Waals surface area contributed by atoms with E-state index in [-0.39, 0.29) is 22.8 Å². The molecule has 160 valence electrons. The largest absolute Gasteiger partial charge is 0.452 e. The Morgan fingerprint density at radius 2 is 2.09 bits per heavy atom. The first-order valence-corrected chi connectivity index (χ1v) is 9.64. The Bertz CT molecular complexity index is 1320. The fourth-order valence-electron chi connectivity index (χ4n) is 3.06. The summed E-state index contributed by atoms with van der Waals surface area (Å²) in [5, 5.41) is 16.6. The van der Waals surface area contributed by atoms with Gasteiger partial charge in [0.05, 0.1) is 11.4 Å². The number of amides is 1. The molecule has 3 heterocycles. The first kappa shape index (κ1) is 20.9. The maximum absolute atomic E-state index is 12.6. The minimum absolute atomic E-state index is 0.0208. The van der Waals surface area contributed by atoms with E-state index in [1.54, 1.807) is 48.1 Å². The van der Waals surface area contributed by atoms with Gasteiger partial charge in [0.2, 0.25) is 5.88 Å². The van der Waals surface area contributed by atoms with E-state index in [2.05, 4.69) is 15.4 Å². The van der Waals surface area contributed by atoms with Gasteiger partial charge in [0, 0.05) is 17.4 Å².